The fraction of sp³-hybridized carbons (Fsp3) is 0.500. The van der Waals surface area contributed by atoms with Crippen molar-refractivity contribution in [1.82, 2.24) is 19.7 Å². The van der Waals surface area contributed by atoms with Crippen LogP contribution in [0, 0.1) is 0 Å². The van der Waals surface area contributed by atoms with Crippen LogP contribution in [-0.4, -0.2) is 26.2 Å². The van der Waals surface area contributed by atoms with Crippen molar-refractivity contribution in [3.63, 3.8) is 0 Å². The Bertz CT molecular complexity index is 532. The van der Waals surface area contributed by atoms with E-state index < -0.39 is 0 Å². The summed E-state index contributed by atoms with van der Waals surface area (Å²) in [5.41, 5.74) is 6.99. The van der Waals surface area contributed by atoms with Gasteiger partial charge in [0.15, 0.2) is 5.13 Å². The van der Waals surface area contributed by atoms with Gasteiger partial charge in [0.1, 0.15) is 0 Å². The third-order valence-corrected chi connectivity index (χ3v) is 4.21. The van der Waals surface area contributed by atoms with Gasteiger partial charge in [-0.1, -0.05) is 0 Å². The Kier molecular flexibility index (Phi) is 3.05. The molecule has 1 fully saturated rings. The summed E-state index contributed by atoms with van der Waals surface area (Å²) in [6, 6.07) is 0.488. The fourth-order valence-electron chi connectivity index (χ4n) is 2.60. The van der Waals surface area contributed by atoms with Gasteiger partial charge in [-0.2, -0.15) is 5.10 Å². The highest BCUT2D eigenvalue weighted by atomic mass is 32.1. The molecule has 96 valence electrons. The number of hydrogen-bond acceptors (Lipinski definition) is 5. The van der Waals surface area contributed by atoms with Gasteiger partial charge in [0.05, 0.1) is 6.20 Å². The maximum absolute atomic E-state index is 5.68. The van der Waals surface area contributed by atoms with Gasteiger partial charge >= 0.3 is 0 Å². The number of anilines is 1. The largest absolute Gasteiger partial charge is 0.375 e. The Balaban J connectivity index is 1.75. The van der Waals surface area contributed by atoms with Crippen LogP contribution in [0.3, 0.4) is 0 Å². The molecule has 1 unspecified atom stereocenters. The van der Waals surface area contributed by atoms with Gasteiger partial charge in [0, 0.05) is 42.5 Å². The highest BCUT2D eigenvalue weighted by Crippen LogP contribution is 2.33. The Morgan fingerprint density at radius 3 is 3.06 bits per heavy atom. The average molecular weight is 263 g/mol. The predicted molar refractivity (Wildman–Crippen MR) is 72.1 cm³/mol. The van der Waals surface area contributed by atoms with Crippen molar-refractivity contribution in [3.8, 4) is 0 Å². The number of nitrogen functional groups attached to an aromatic ring is 1. The molecular weight excluding hydrogens is 246 g/mol. The number of aryl methyl sites for hydroxylation is 1. The number of hydrogen-bond donors (Lipinski definition) is 1. The Hall–Kier alpha value is -1.40. The molecule has 1 atom stereocenters. The summed E-state index contributed by atoms with van der Waals surface area (Å²) in [5.74, 6) is 0. The lowest BCUT2D eigenvalue weighted by molar-refractivity contribution is 0.250. The van der Waals surface area contributed by atoms with Gasteiger partial charge in [-0.15, -0.1) is 11.3 Å². The van der Waals surface area contributed by atoms with Gasteiger partial charge < -0.3 is 5.73 Å². The Labute approximate surface area is 110 Å². The fourth-order valence-corrected chi connectivity index (χ4v) is 3.31. The van der Waals surface area contributed by atoms with E-state index >= 15 is 0 Å². The molecule has 1 saturated heterocycles. The molecule has 0 spiro atoms. The van der Waals surface area contributed by atoms with Crippen LogP contribution < -0.4 is 5.73 Å². The van der Waals surface area contributed by atoms with Crippen molar-refractivity contribution in [2.45, 2.75) is 25.4 Å². The molecule has 3 rings (SSSR count). The van der Waals surface area contributed by atoms with E-state index in [-0.39, 0.29) is 0 Å². The van der Waals surface area contributed by atoms with E-state index in [1.807, 2.05) is 24.1 Å². The summed E-state index contributed by atoms with van der Waals surface area (Å²) < 4.78 is 1.87. The second kappa shape index (κ2) is 4.70. The number of rotatable bonds is 3. The van der Waals surface area contributed by atoms with E-state index in [0.29, 0.717) is 11.2 Å². The van der Waals surface area contributed by atoms with E-state index in [2.05, 4.69) is 21.2 Å². The third kappa shape index (κ3) is 2.26. The van der Waals surface area contributed by atoms with E-state index in [1.165, 1.54) is 23.3 Å². The molecule has 0 aromatic carbocycles. The van der Waals surface area contributed by atoms with Gasteiger partial charge in [-0.25, -0.2) is 4.98 Å². The first-order chi connectivity index (χ1) is 8.72. The number of nitrogens with zero attached hydrogens (tertiary/aromatic N) is 4. The van der Waals surface area contributed by atoms with Gasteiger partial charge in [-0.3, -0.25) is 9.58 Å². The molecule has 1 aliphatic rings. The maximum atomic E-state index is 5.68. The Morgan fingerprint density at radius 2 is 2.39 bits per heavy atom. The van der Waals surface area contributed by atoms with Crippen LogP contribution in [0.5, 0.6) is 0 Å². The smallest absolute Gasteiger partial charge is 0.180 e. The van der Waals surface area contributed by atoms with Crippen molar-refractivity contribution in [2.75, 3.05) is 12.3 Å². The molecular formula is C12H17N5S. The van der Waals surface area contributed by atoms with E-state index in [9.17, 15) is 0 Å². The Morgan fingerprint density at radius 1 is 1.50 bits per heavy atom. The predicted octanol–water partition coefficient (Wildman–Crippen LogP) is 1.80. The lowest BCUT2D eigenvalue weighted by Gasteiger charge is -2.22. The first kappa shape index (κ1) is 11.7. The normalized spacial score (nSPS) is 20.6. The highest BCUT2D eigenvalue weighted by molar-refractivity contribution is 7.15. The molecule has 5 nitrogen and oxygen atoms in total. The molecule has 3 heterocycles. The molecule has 0 aliphatic carbocycles. The molecule has 0 amide bonds. The molecule has 2 aromatic rings. The topological polar surface area (TPSA) is 60.0 Å². The number of likely N-dealkylation sites (tertiary alicyclic amines) is 1. The summed E-state index contributed by atoms with van der Waals surface area (Å²) >= 11 is 1.58. The molecule has 0 bridgehead atoms. The monoisotopic (exact) mass is 263 g/mol. The zero-order valence-electron chi connectivity index (χ0n) is 10.4. The van der Waals surface area contributed by atoms with Crippen LogP contribution in [0.2, 0.25) is 0 Å². The van der Waals surface area contributed by atoms with Crippen molar-refractivity contribution in [3.05, 3.63) is 29.0 Å². The minimum atomic E-state index is 0.488. The summed E-state index contributed by atoms with van der Waals surface area (Å²) in [6.07, 6.45) is 8.43. The second-order valence-corrected chi connectivity index (χ2v) is 5.89. The van der Waals surface area contributed by atoms with E-state index in [1.54, 1.807) is 11.3 Å². The summed E-state index contributed by atoms with van der Waals surface area (Å²) in [5, 5.41) is 4.92. The van der Waals surface area contributed by atoms with Crippen LogP contribution in [0.4, 0.5) is 5.13 Å². The van der Waals surface area contributed by atoms with Crippen LogP contribution >= 0.6 is 11.3 Å². The van der Waals surface area contributed by atoms with Gasteiger partial charge in [0.25, 0.3) is 0 Å². The van der Waals surface area contributed by atoms with E-state index in [0.717, 1.165) is 13.1 Å². The molecule has 6 heteroatoms. The lowest BCUT2D eigenvalue weighted by atomic mass is 10.1. The lowest BCUT2D eigenvalue weighted by Crippen LogP contribution is -2.22. The number of aromatic nitrogens is 3. The molecule has 2 aromatic heterocycles. The third-order valence-electron chi connectivity index (χ3n) is 3.40. The number of thiazole rings is 1. The van der Waals surface area contributed by atoms with Crippen LogP contribution in [0.25, 0.3) is 0 Å². The highest BCUT2D eigenvalue weighted by Gasteiger charge is 2.27. The summed E-state index contributed by atoms with van der Waals surface area (Å²) in [4.78, 5) is 7.84. The first-order valence-electron chi connectivity index (χ1n) is 6.15. The van der Waals surface area contributed by atoms with Crippen molar-refractivity contribution < 1.29 is 0 Å². The van der Waals surface area contributed by atoms with Crippen molar-refractivity contribution in [1.29, 1.82) is 0 Å². The second-order valence-electron chi connectivity index (χ2n) is 4.74. The quantitative estimate of drug-likeness (QED) is 0.917. The number of nitrogens with two attached hydrogens (primary N) is 1. The minimum absolute atomic E-state index is 0.488. The van der Waals surface area contributed by atoms with Crippen molar-refractivity contribution in [2.24, 2.45) is 7.05 Å². The van der Waals surface area contributed by atoms with Crippen LogP contribution in [-0.2, 0) is 13.6 Å². The summed E-state index contributed by atoms with van der Waals surface area (Å²) in [7, 11) is 1.96. The van der Waals surface area contributed by atoms with Gasteiger partial charge in [-0.05, 0) is 19.4 Å². The SMILES string of the molecule is Cn1cc(C2CCCN2Cc2cnc(N)s2)cn1. The van der Waals surface area contributed by atoms with Crippen LogP contribution in [0.15, 0.2) is 18.6 Å². The maximum Gasteiger partial charge on any atom is 0.180 e. The molecule has 1 aliphatic heterocycles. The summed E-state index contributed by atoms with van der Waals surface area (Å²) in [6.45, 7) is 2.08. The molecule has 0 saturated carbocycles. The zero-order valence-corrected chi connectivity index (χ0v) is 11.2. The minimum Gasteiger partial charge on any atom is -0.375 e. The van der Waals surface area contributed by atoms with E-state index in [4.69, 9.17) is 5.73 Å². The molecule has 0 radical (unpaired) electrons. The average Bonchev–Trinajstić information content (AvgIpc) is 3.01. The van der Waals surface area contributed by atoms with Crippen molar-refractivity contribution >= 4 is 16.5 Å². The molecule has 2 N–H and O–H groups in total. The first-order valence-corrected chi connectivity index (χ1v) is 6.97. The molecule has 18 heavy (non-hydrogen) atoms. The van der Waals surface area contributed by atoms with Gasteiger partial charge in [0.2, 0.25) is 0 Å². The zero-order chi connectivity index (χ0) is 12.5. The van der Waals surface area contributed by atoms with Crippen LogP contribution in [0.1, 0.15) is 29.3 Å². The standard InChI is InChI=1S/C12H17N5S/c1-16-7-9(5-15-16)11-3-2-4-17(11)8-10-6-14-12(13)18-10/h5-7,11H,2-4,8H2,1H3,(H2,13,14).